The van der Waals surface area contributed by atoms with Gasteiger partial charge in [0.15, 0.2) is 0 Å². The molecule has 0 heterocycles. The van der Waals surface area contributed by atoms with Crippen LogP contribution in [0.4, 0.5) is 0 Å². The van der Waals surface area contributed by atoms with Crippen LogP contribution in [0, 0.1) is 0 Å². The lowest BCUT2D eigenvalue weighted by molar-refractivity contribution is -0.119. The minimum Gasteiger partial charge on any atom is -0.379 e. The van der Waals surface area contributed by atoms with Gasteiger partial charge in [-0.25, -0.2) is 0 Å². The van der Waals surface area contributed by atoms with Crippen LogP contribution in [0.3, 0.4) is 0 Å². The van der Waals surface area contributed by atoms with Gasteiger partial charge in [0.05, 0.1) is 13.2 Å². The van der Waals surface area contributed by atoms with Crippen molar-refractivity contribution in [2.75, 3.05) is 39.6 Å². The molecular weight excluding hydrogens is 558 g/mol. The van der Waals surface area contributed by atoms with Crippen LogP contribution < -0.4 is 5.32 Å². The first-order valence-corrected chi connectivity index (χ1v) is 20.2. The highest BCUT2D eigenvalue weighted by Crippen LogP contribution is 2.14. The van der Waals surface area contributed by atoms with Gasteiger partial charge >= 0.3 is 0 Å². The van der Waals surface area contributed by atoms with Crippen LogP contribution in [0.15, 0.2) is 0 Å². The molecule has 45 heavy (non-hydrogen) atoms. The van der Waals surface area contributed by atoms with Crippen LogP contribution in [0.5, 0.6) is 0 Å². The lowest BCUT2D eigenvalue weighted by atomic mass is 10.0. The molecule has 0 fully saturated rings. The van der Waals surface area contributed by atoms with E-state index in [1.54, 1.807) is 6.92 Å². The number of ether oxygens (including phenoxy) is 3. The summed E-state index contributed by atoms with van der Waals surface area (Å²) < 4.78 is 18.1. The maximum atomic E-state index is 11.1. The number of nitrogens with one attached hydrogen (secondary N) is 1. The predicted molar refractivity (Wildman–Crippen MR) is 195 cm³/mol. The van der Waals surface area contributed by atoms with Crippen LogP contribution in [0.2, 0.25) is 0 Å². The Kier molecular flexibility index (Phi) is 39.0. The second-order valence-electron chi connectivity index (χ2n) is 13.7. The fourth-order valence-electron chi connectivity index (χ4n) is 5.96. The molecule has 0 unspecified atom stereocenters. The van der Waals surface area contributed by atoms with Gasteiger partial charge in [0.25, 0.3) is 0 Å². The number of hydrogen-bond donors (Lipinski definition) is 1. The Labute approximate surface area is 282 Å². The summed E-state index contributed by atoms with van der Waals surface area (Å²) in [6.45, 7) is 10.2. The fourth-order valence-corrected chi connectivity index (χ4v) is 5.96. The molecule has 0 atom stereocenters. The van der Waals surface area contributed by atoms with E-state index in [2.05, 4.69) is 19.2 Å². The van der Waals surface area contributed by atoms with Crippen LogP contribution in [0.1, 0.15) is 207 Å². The highest BCUT2D eigenvalue weighted by molar-refractivity contribution is 5.72. The van der Waals surface area contributed by atoms with Crippen molar-refractivity contribution in [2.24, 2.45) is 0 Å². The standard InChI is InChI=1S/C40H81NO4/c1-4-6-8-10-12-14-16-18-20-22-24-26-28-30-34-43-37-40(45-36-32-33-41-39(3)42)38-44-35-31-29-27-25-23-21-19-17-15-13-11-9-7-5-2/h40H,4-38H2,1-3H3,(H,41,42). The molecule has 0 saturated heterocycles. The van der Waals surface area contributed by atoms with Crippen molar-refractivity contribution in [2.45, 2.75) is 213 Å². The molecule has 5 heteroatoms. The van der Waals surface area contributed by atoms with Gasteiger partial charge in [0.1, 0.15) is 6.10 Å². The molecule has 0 aliphatic rings. The molecular formula is C40H81NO4. The minimum atomic E-state index is -0.0272. The maximum Gasteiger partial charge on any atom is 0.216 e. The van der Waals surface area contributed by atoms with Gasteiger partial charge in [-0.2, -0.15) is 0 Å². The van der Waals surface area contributed by atoms with Gasteiger partial charge in [-0.15, -0.1) is 0 Å². The lowest BCUT2D eigenvalue weighted by Gasteiger charge is -2.18. The summed E-state index contributed by atoms with van der Waals surface area (Å²) in [5, 5.41) is 2.84. The molecule has 0 aromatic carbocycles. The normalized spacial score (nSPS) is 11.6. The first-order chi connectivity index (χ1) is 22.2. The number of rotatable bonds is 39. The van der Waals surface area contributed by atoms with E-state index in [1.807, 2.05) is 0 Å². The summed E-state index contributed by atoms with van der Waals surface area (Å²) in [5.74, 6) is 0.0135. The first-order valence-electron chi connectivity index (χ1n) is 20.2. The molecule has 0 aliphatic carbocycles. The van der Waals surface area contributed by atoms with E-state index in [0.717, 1.165) is 32.5 Å². The summed E-state index contributed by atoms with van der Waals surface area (Å²) in [4.78, 5) is 11.1. The summed E-state index contributed by atoms with van der Waals surface area (Å²) in [6.07, 6.45) is 39.3. The van der Waals surface area contributed by atoms with E-state index in [-0.39, 0.29) is 12.0 Å². The molecule has 5 nitrogen and oxygen atoms in total. The van der Waals surface area contributed by atoms with E-state index in [0.29, 0.717) is 26.4 Å². The summed E-state index contributed by atoms with van der Waals surface area (Å²) >= 11 is 0. The van der Waals surface area contributed by atoms with Crippen LogP contribution in [-0.4, -0.2) is 51.6 Å². The molecule has 270 valence electrons. The third kappa shape index (κ3) is 39.4. The zero-order chi connectivity index (χ0) is 32.7. The predicted octanol–water partition coefficient (Wildman–Crippen LogP) is 11.9. The van der Waals surface area contributed by atoms with Crippen molar-refractivity contribution in [3.8, 4) is 0 Å². The maximum absolute atomic E-state index is 11.1. The van der Waals surface area contributed by atoms with Crippen molar-refractivity contribution in [3.63, 3.8) is 0 Å². The van der Waals surface area contributed by atoms with Gasteiger partial charge in [-0.05, 0) is 19.3 Å². The number of hydrogen-bond acceptors (Lipinski definition) is 4. The van der Waals surface area contributed by atoms with Crippen LogP contribution >= 0.6 is 0 Å². The SMILES string of the molecule is CCCCCCCCCCCCCCCCOCC(COCCCCCCCCCCCCCCCC)OCCCNC(C)=O. The van der Waals surface area contributed by atoms with Crippen molar-refractivity contribution in [1.82, 2.24) is 5.32 Å². The molecule has 1 amide bonds. The number of unbranched alkanes of at least 4 members (excludes halogenated alkanes) is 26. The smallest absolute Gasteiger partial charge is 0.216 e. The fraction of sp³-hybridized carbons (Fsp3) is 0.975. The Balaban J connectivity index is 3.73. The summed E-state index contributed by atoms with van der Waals surface area (Å²) in [7, 11) is 0. The minimum absolute atomic E-state index is 0.0135. The quantitative estimate of drug-likeness (QED) is 0.0680. The van der Waals surface area contributed by atoms with Crippen LogP contribution in [0.25, 0.3) is 0 Å². The average molecular weight is 640 g/mol. The molecule has 0 aromatic heterocycles. The second-order valence-corrected chi connectivity index (χ2v) is 13.7. The van der Waals surface area contributed by atoms with E-state index in [1.165, 1.54) is 167 Å². The van der Waals surface area contributed by atoms with E-state index in [9.17, 15) is 4.79 Å². The zero-order valence-electron chi connectivity index (χ0n) is 31.0. The molecule has 0 spiro atoms. The Morgan fingerprint density at radius 3 is 1.07 bits per heavy atom. The third-order valence-electron chi connectivity index (χ3n) is 8.94. The molecule has 0 rings (SSSR count). The Hall–Kier alpha value is -0.650. The molecule has 0 aromatic rings. The van der Waals surface area contributed by atoms with E-state index >= 15 is 0 Å². The first kappa shape index (κ1) is 44.4. The molecule has 0 saturated carbocycles. The monoisotopic (exact) mass is 640 g/mol. The topological polar surface area (TPSA) is 56.8 Å². The van der Waals surface area contributed by atoms with E-state index < -0.39 is 0 Å². The molecule has 1 N–H and O–H groups in total. The van der Waals surface area contributed by atoms with Crippen LogP contribution in [-0.2, 0) is 19.0 Å². The van der Waals surface area contributed by atoms with Crippen molar-refractivity contribution < 1.29 is 19.0 Å². The Bertz CT molecular complexity index is 522. The summed E-state index contributed by atoms with van der Waals surface area (Å²) in [6, 6.07) is 0. The number of carbonyl (C=O) groups excluding carboxylic acids is 1. The zero-order valence-corrected chi connectivity index (χ0v) is 31.0. The highest BCUT2D eigenvalue weighted by Gasteiger charge is 2.10. The molecule has 0 aliphatic heterocycles. The van der Waals surface area contributed by atoms with Gasteiger partial charge < -0.3 is 19.5 Å². The Morgan fingerprint density at radius 1 is 0.444 bits per heavy atom. The Morgan fingerprint density at radius 2 is 0.756 bits per heavy atom. The average Bonchev–Trinajstić information content (AvgIpc) is 3.03. The van der Waals surface area contributed by atoms with Gasteiger partial charge in [-0.1, -0.05) is 181 Å². The lowest BCUT2D eigenvalue weighted by Crippen LogP contribution is -2.28. The van der Waals surface area contributed by atoms with E-state index in [4.69, 9.17) is 14.2 Å². The largest absolute Gasteiger partial charge is 0.379 e. The van der Waals surface area contributed by atoms with Crippen molar-refractivity contribution in [1.29, 1.82) is 0 Å². The molecule has 0 bridgehead atoms. The van der Waals surface area contributed by atoms with Crippen molar-refractivity contribution in [3.05, 3.63) is 0 Å². The number of carbonyl (C=O) groups is 1. The summed E-state index contributed by atoms with van der Waals surface area (Å²) in [5.41, 5.74) is 0. The highest BCUT2D eigenvalue weighted by atomic mass is 16.6. The van der Waals surface area contributed by atoms with Gasteiger partial charge in [0, 0.05) is 33.3 Å². The van der Waals surface area contributed by atoms with Gasteiger partial charge in [0.2, 0.25) is 5.91 Å². The number of amides is 1. The van der Waals surface area contributed by atoms with Gasteiger partial charge in [-0.3, -0.25) is 4.79 Å². The second kappa shape index (κ2) is 39.5. The van der Waals surface area contributed by atoms with Crippen molar-refractivity contribution >= 4 is 5.91 Å². The molecule has 0 radical (unpaired) electrons. The third-order valence-corrected chi connectivity index (χ3v) is 8.94.